The van der Waals surface area contributed by atoms with Crippen LogP contribution in [0.1, 0.15) is 30.5 Å². The summed E-state index contributed by atoms with van der Waals surface area (Å²) >= 11 is 7.42. The van der Waals surface area contributed by atoms with E-state index in [2.05, 4.69) is 20.8 Å². The molecule has 0 atom stereocenters. The summed E-state index contributed by atoms with van der Waals surface area (Å²) in [5.41, 5.74) is 8.56. The molecular weight excluding hydrogens is 380 g/mol. The van der Waals surface area contributed by atoms with Crippen LogP contribution in [0.3, 0.4) is 0 Å². The van der Waals surface area contributed by atoms with Crippen molar-refractivity contribution in [1.82, 2.24) is 4.98 Å². The van der Waals surface area contributed by atoms with E-state index < -0.39 is 0 Å². The molecule has 0 bridgehead atoms. The molecule has 2 aromatic carbocycles. The Kier molecular flexibility index (Phi) is 5.77. The van der Waals surface area contributed by atoms with E-state index in [0.29, 0.717) is 11.4 Å². The zero-order valence-corrected chi connectivity index (χ0v) is 17.3. The van der Waals surface area contributed by atoms with Crippen LogP contribution in [0, 0.1) is 13.8 Å². The number of hydrogen-bond donors (Lipinski definition) is 2. The van der Waals surface area contributed by atoms with Crippen molar-refractivity contribution in [2.45, 2.75) is 34.1 Å². The Morgan fingerprint density at radius 1 is 1.22 bits per heavy atom. The van der Waals surface area contributed by atoms with Gasteiger partial charge < -0.3 is 5.32 Å². The predicted octanol–water partition coefficient (Wildman–Crippen LogP) is 5.56. The van der Waals surface area contributed by atoms with Gasteiger partial charge >= 0.3 is 0 Å². The Morgan fingerprint density at radius 2 is 1.93 bits per heavy atom. The standard InChI is InChI=1S/C20H21ClN4OS/c1-11(2)24-25-20-22-16-9-12(3)18(13(4)19(16)27-20)23-17(26)10-14-5-7-15(21)8-6-14/h5-9H,10H2,1-4H3,(H,22,25)(H,23,26). The van der Waals surface area contributed by atoms with Crippen LogP contribution < -0.4 is 10.7 Å². The highest BCUT2D eigenvalue weighted by Gasteiger charge is 2.15. The van der Waals surface area contributed by atoms with Crippen LogP contribution in [0.2, 0.25) is 5.02 Å². The lowest BCUT2D eigenvalue weighted by molar-refractivity contribution is -0.115. The van der Waals surface area contributed by atoms with E-state index >= 15 is 0 Å². The molecule has 0 unspecified atom stereocenters. The Morgan fingerprint density at radius 3 is 2.59 bits per heavy atom. The number of hydrazone groups is 1. The first-order valence-electron chi connectivity index (χ1n) is 8.55. The Labute approximate surface area is 167 Å². The molecule has 27 heavy (non-hydrogen) atoms. The third-order valence-corrected chi connectivity index (χ3v) is 5.38. The van der Waals surface area contributed by atoms with E-state index in [0.717, 1.165) is 43.4 Å². The number of aromatic nitrogens is 1. The number of carbonyl (C=O) groups is 1. The Bertz CT molecular complexity index is 1020. The number of nitrogens with zero attached hydrogens (tertiary/aromatic N) is 2. The predicted molar refractivity (Wildman–Crippen MR) is 115 cm³/mol. The number of hydrogen-bond acceptors (Lipinski definition) is 5. The van der Waals surface area contributed by atoms with Gasteiger partial charge in [-0.25, -0.2) is 4.98 Å². The largest absolute Gasteiger partial charge is 0.325 e. The van der Waals surface area contributed by atoms with Gasteiger partial charge in [-0.3, -0.25) is 10.2 Å². The van der Waals surface area contributed by atoms with Crippen molar-refractivity contribution in [1.29, 1.82) is 0 Å². The van der Waals surface area contributed by atoms with Gasteiger partial charge in [0, 0.05) is 16.4 Å². The molecule has 0 spiro atoms. The molecule has 0 aliphatic heterocycles. The molecule has 1 amide bonds. The number of benzene rings is 2. The Balaban J connectivity index is 1.84. The molecule has 7 heteroatoms. The fraction of sp³-hybridized carbons (Fsp3) is 0.250. The highest BCUT2D eigenvalue weighted by molar-refractivity contribution is 7.22. The normalized spacial score (nSPS) is 10.7. The second kappa shape index (κ2) is 8.06. The van der Waals surface area contributed by atoms with Crippen LogP contribution in [0.5, 0.6) is 0 Å². The van der Waals surface area contributed by atoms with Gasteiger partial charge in [0.1, 0.15) is 0 Å². The summed E-state index contributed by atoms with van der Waals surface area (Å²) < 4.78 is 1.04. The molecule has 1 aromatic heterocycles. The van der Waals surface area contributed by atoms with Crippen molar-refractivity contribution in [3.05, 3.63) is 52.0 Å². The number of amides is 1. The fourth-order valence-electron chi connectivity index (χ4n) is 2.76. The minimum absolute atomic E-state index is 0.0584. The molecule has 0 saturated carbocycles. The van der Waals surface area contributed by atoms with Crippen LogP contribution in [-0.4, -0.2) is 16.6 Å². The lowest BCUT2D eigenvalue weighted by atomic mass is 10.1. The number of halogens is 1. The molecule has 0 aliphatic carbocycles. The maximum Gasteiger partial charge on any atom is 0.228 e. The summed E-state index contributed by atoms with van der Waals surface area (Å²) in [6.45, 7) is 7.82. The fourth-order valence-corrected chi connectivity index (χ4v) is 3.77. The van der Waals surface area contributed by atoms with Gasteiger partial charge in [0.15, 0.2) is 0 Å². The minimum Gasteiger partial charge on any atom is -0.325 e. The molecule has 140 valence electrons. The van der Waals surface area contributed by atoms with Crippen molar-refractivity contribution >= 4 is 55.6 Å². The molecule has 2 N–H and O–H groups in total. The number of thiazole rings is 1. The van der Waals surface area contributed by atoms with Gasteiger partial charge in [0.05, 0.1) is 16.6 Å². The van der Waals surface area contributed by atoms with E-state index in [1.54, 1.807) is 12.1 Å². The monoisotopic (exact) mass is 400 g/mol. The van der Waals surface area contributed by atoms with Crippen molar-refractivity contribution < 1.29 is 4.79 Å². The highest BCUT2D eigenvalue weighted by Crippen LogP contribution is 2.35. The van der Waals surface area contributed by atoms with Crippen molar-refractivity contribution in [2.75, 3.05) is 10.7 Å². The van der Waals surface area contributed by atoms with E-state index in [9.17, 15) is 4.79 Å². The third-order valence-electron chi connectivity index (χ3n) is 4.03. The summed E-state index contributed by atoms with van der Waals surface area (Å²) in [6, 6.07) is 9.30. The van der Waals surface area contributed by atoms with Gasteiger partial charge in [0.25, 0.3) is 0 Å². The number of aryl methyl sites for hydroxylation is 2. The molecule has 0 radical (unpaired) electrons. The van der Waals surface area contributed by atoms with Crippen molar-refractivity contribution in [3.8, 4) is 0 Å². The van der Waals surface area contributed by atoms with E-state index in [1.165, 1.54) is 11.3 Å². The molecule has 3 aromatic rings. The van der Waals surface area contributed by atoms with Gasteiger partial charge in [-0.05, 0) is 62.6 Å². The van der Waals surface area contributed by atoms with Crippen LogP contribution >= 0.6 is 22.9 Å². The van der Waals surface area contributed by atoms with Gasteiger partial charge in [-0.2, -0.15) is 5.10 Å². The van der Waals surface area contributed by atoms with Crippen LogP contribution in [0.4, 0.5) is 10.8 Å². The SMILES string of the molecule is CC(C)=NNc1nc2cc(C)c(NC(=O)Cc3ccc(Cl)cc3)c(C)c2s1. The molecular formula is C20H21ClN4OS. The maximum absolute atomic E-state index is 12.5. The average Bonchev–Trinajstić information content (AvgIpc) is 3.02. The maximum atomic E-state index is 12.5. The van der Waals surface area contributed by atoms with Crippen LogP contribution in [0.15, 0.2) is 35.4 Å². The van der Waals surface area contributed by atoms with Crippen LogP contribution in [0.25, 0.3) is 10.2 Å². The first-order valence-corrected chi connectivity index (χ1v) is 9.75. The molecule has 0 aliphatic rings. The van der Waals surface area contributed by atoms with Gasteiger partial charge in [0.2, 0.25) is 11.0 Å². The summed E-state index contributed by atoms with van der Waals surface area (Å²) in [6.07, 6.45) is 0.300. The second-order valence-electron chi connectivity index (χ2n) is 6.58. The third kappa shape index (κ3) is 4.64. The number of nitrogens with one attached hydrogen (secondary N) is 2. The zero-order valence-electron chi connectivity index (χ0n) is 15.7. The number of rotatable bonds is 5. The first kappa shape index (κ1) is 19.3. The molecule has 0 fully saturated rings. The van der Waals surface area contributed by atoms with Crippen LogP contribution in [-0.2, 0) is 11.2 Å². The second-order valence-corrected chi connectivity index (χ2v) is 8.02. The van der Waals surface area contributed by atoms with E-state index in [4.69, 9.17) is 11.6 Å². The number of anilines is 2. The van der Waals surface area contributed by atoms with Crippen molar-refractivity contribution in [3.63, 3.8) is 0 Å². The number of carbonyl (C=O) groups excluding carboxylic acids is 1. The average molecular weight is 401 g/mol. The van der Waals surface area contributed by atoms with E-state index in [-0.39, 0.29) is 5.91 Å². The molecule has 5 nitrogen and oxygen atoms in total. The van der Waals surface area contributed by atoms with Gasteiger partial charge in [-0.1, -0.05) is 35.1 Å². The topological polar surface area (TPSA) is 66.4 Å². The highest BCUT2D eigenvalue weighted by atomic mass is 35.5. The lowest BCUT2D eigenvalue weighted by Gasteiger charge is -2.12. The summed E-state index contributed by atoms with van der Waals surface area (Å²) in [5, 5.41) is 8.65. The quantitative estimate of drug-likeness (QED) is 0.435. The molecule has 0 saturated heterocycles. The number of fused-ring (bicyclic) bond motifs is 1. The molecule has 1 heterocycles. The summed E-state index contributed by atoms with van der Waals surface area (Å²) in [4.78, 5) is 17.1. The smallest absolute Gasteiger partial charge is 0.228 e. The minimum atomic E-state index is -0.0584. The lowest BCUT2D eigenvalue weighted by Crippen LogP contribution is -2.16. The van der Waals surface area contributed by atoms with Gasteiger partial charge in [-0.15, -0.1) is 0 Å². The molecule has 3 rings (SSSR count). The first-order chi connectivity index (χ1) is 12.8. The zero-order chi connectivity index (χ0) is 19.6. The Hall–Kier alpha value is -2.44. The summed E-state index contributed by atoms with van der Waals surface area (Å²) in [7, 11) is 0. The van der Waals surface area contributed by atoms with Crippen molar-refractivity contribution in [2.24, 2.45) is 5.10 Å². The van der Waals surface area contributed by atoms with E-state index in [1.807, 2.05) is 45.9 Å². The summed E-state index contributed by atoms with van der Waals surface area (Å²) in [5.74, 6) is -0.0584.